The zero-order valence-electron chi connectivity index (χ0n) is 38.4. The Morgan fingerprint density at radius 3 is 2.39 bits per heavy atom. The Bertz CT molecular complexity index is 2840. The first kappa shape index (κ1) is 48.2. The lowest BCUT2D eigenvalue weighted by atomic mass is 9.94. The maximum Gasteiger partial charge on any atom is 0.255 e. The molecule has 1 atom stereocenters. The van der Waals surface area contributed by atoms with E-state index < -0.39 is 23.6 Å². The Hall–Kier alpha value is -6.79. The van der Waals surface area contributed by atoms with Gasteiger partial charge in [0.25, 0.3) is 11.8 Å². The molecule has 2 saturated heterocycles. The Balaban J connectivity index is 0.651. The summed E-state index contributed by atoms with van der Waals surface area (Å²) in [5, 5.41) is 8.69. The second-order valence-corrected chi connectivity index (χ2v) is 18.2. The van der Waals surface area contributed by atoms with Crippen molar-refractivity contribution in [1.29, 1.82) is 0 Å². The van der Waals surface area contributed by atoms with Crippen LogP contribution < -0.4 is 16.0 Å². The van der Waals surface area contributed by atoms with Gasteiger partial charge in [0, 0.05) is 129 Å². The molecule has 0 radical (unpaired) electrons. The molecule has 5 aromatic rings. The first-order valence-electron chi connectivity index (χ1n) is 23.6. The molecule has 18 heteroatoms. The maximum atomic E-state index is 15.0. The number of piperazine rings is 1. The van der Waals surface area contributed by atoms with Crippen LogP contribution in [0.5, 0.6) is 0 Å². The number of nitrogens with zero attached hydrogens (tertiary/aromatic N) is 6. The van der Waals surface area contributed by atoms with Gasteiger partial charge < -0.3 is 20.3 Å². The average molecular weight is 972 g/mol. The van der Waals surface area contributed by atoms with E-state index in [1.54, 1.807) is 54.7 Å². The number of anilines is 1. The third-order valence-corrected chi connectivity index (χ3v) is 13.4. The van der Waals surface area contributed by atoms with Crippen molar-refractivity contribution < 1.29 is 37.5 Å². The average Bonchev–Trinajstić information content (AvgIpc) is 3.60. The normalized spacial score (nSPS) is 17.0. The molecule has 0 aliphatic carbocycles. The van der Waals surface area contributed by atoms with Crippen LogP contribution in [0.2, 0.25) is 5.02 Å². The monoisotopic (exact) mass is 971 g/mol. The van der Waals surface area contributed by atoms with Crippen molar-refractivity contribution in [2.24, 2.45) is 4.99 Å². The van der Waals surface area contributed by atoms with E-state index in [1.807, 2.05) is 12.1 Å². The molecule has 2 fully saturated rings. The molecule has 1 aromatic heterocycles. The predicted octanol–water partition coefficient (Wildman–Crippen LogP) is 5.95. The van der Waals surface area contributed by atoms with Crippen LogP contribution in [0, 0.1) is 11.6 Å². The molecule has 5 amide bonds. The number of benzene rings is 4. The Kier molecular flexibility index (Phi) is 15.1. The number of carbonyl (C=O) groups excluding carboxylic acids is 5. The SMILES string of the molecule is O=C1CCC(N2Cc3c(NC(=O)CCCCOCCN4CCN(CCNC(=O)c5ccc(Cc6ncc7c(n6)-c6ccc(Cl)cc6C(c6c(F)cccc6F)=NC7)cc5)CC4)cccc3C2=O)C(=O)N1. The van der Waals surface area contributed by atoms with Crippen molar-refractivity contribution >= 4 is 52.5 Å². The van der Waals surface area contributed by atoms with E-state index in [0.717, 1.165) is 51.3 Å². The highest BCUT2D eigenvalue weighted by Gasteiger charge is 2.40. The lowest BCUT2D eigenvalue weighted by molar-refractivity contribution is -0.137. The molecule has 4 aliphatic rings. The molecule has 70 heavy (non-hydrogen) atoms. The molecular formula is C52H52ClF2N9O6. The molecule has 1 unspecified atom stereocenters. The van der Waals surface area contributed by atoms with E-state index in [9.17, 15) is 32.8 Å². The molecular weight excluding hydrogens is 920 g/mol. The third-order valence-electron chi connectivity index (χ3n) is 13.1. The van der Waals surface area contributed by atoms with Crippen molar-refractivity contribution in [1.82, 2.24) is 35.3 Å². The Labute approximate surface area is 408 Å². The van der Waals surface area contributed by atoms with E-state index >= 15 is 0 Å². The maximum absolute atomic E-state index is 15.0. The number of rotatable bonds is 17. The third kappa shape index (κ3) is 11.1. The highest BCUT2D eigenvalue weighted by Crippen LogP contribution is 2.35. The van der Waals surface area contributed by atoms with Crippen LogP contribution in [0.3, 0.4) is 0 Å². The molecule has 0 saturated carbocycles. The summed E-state index contributed by atoms with van der Waals surface area (Å²) in [5.41, 5.74) is 5.53. The van der Waals surface area contributed by atoms with E-state index in [0.29, 0.717) is 94.6 Å². The fourth-order valence-electron chi connectivity index (χ4n) is 9.31. The second kappa shape index (κ2) is 21.9. The largest absolute Gasteiger partial charge is 0.380 e. The van der Waals surface area contributed by atoms with Crippen molar-refractivity contribution in [3.63, 3.8) is 0 Å². The van der Waals surface area contributed by atoms with Crippen LogP contribution in [0.15, 0.2) is 90.1 Å². The molecule has 5 heterocycles. The number of ether oxygens (including phenoxy) is 1. The number of fused-ring (bicyclic) bond motifs is 4. The summed E-state index contributed by atoms with van der Waals surface area (Å²) in [7, 11) is 0. The number of carbonyl (C=O) groups is 5. The topological polar surface area (TPSA) is 179 Å². The summed E-state index contributed by atoms with van der Waals surface area (Å²) in [4.78, 5) is 83.2. The molecule has 3 N–H and O–H groups in total. The summed E-state index contributed by atoms with van der Waals surface area (Å²) >= 11 is 6.37. The number of aliphatic imine (C=N–C) groups is 1. The van der Waals surface area contributed by atoms with Gasteiger partial charge in [0.2, 0.25) is 17.7 Å². The number of nitrogens with one attached hydrogen (secondary N) is 3. The van der Waals surface area contributed by atoms with Gasteiger partial charge in [-0.15, -0.1) is 0 Å². The number of unbranched alkanes of at least 4 members (excludes halogenated alkanes) is 1. The molecule has 9 rings (SSSR count). The molecule has 15 nitrogen and oxygen atoms in total. The standard InChI is InChI=1S/C52H52ClF2N9O6/c53-35-14-15-36-38(28-35)49(47-40(54)6-4-7-41(47)55)58-30-34-29-57-44(60-48(34)36)27-32-10-12-33(13-11-32)50(67)56-18-19-62-20-22-63(23-21-62)24-26-70-25-2-1-9-45(65)59-42-8-3-5-37-39(42)31-64(52(37)69)43-16-17-46(66)61-51(43)68/h3-8,10-15,28-29,43H,1-2,9,16-27,30-31H2,(H,56,67)(H,59,65)(H,61,66,68). The molecule has 0 bridgehead atoms. The Morgan fingerprint density at radius 2 is 1.61 bits per heavy atom. The minimum Gasteiger partial charge on any atom is -0.380 e. The van der Waals surface area contributed by atoms with Gasteiger partial charge in [0.05, 0.1) is 30.1 Å². The number of amides is 5. The number of aromatic nitrogens is 2. The van der Waals surface area contributed by atoms with Gasteiger partial charge in [0.1, 0.15) is 23.5 Å². The fraction of sp³-hybridized carbons (Fsp3) is 0.346. The summed E-state index contributed by atoms with van der Waals surface area (Å²) in [6.45, 7) is 7.09. The fourth-order valence-corrected chi connectivity index (χ4v) is 9.48. The molecule has 4 aromatic carbocycles. The molecule has 362 valence electrons. The second-order valence-electron chi connectivity index (χ2n) is 17.8. The van der Waals surface area contributed by atoms with Gasteiger partial charge in [-0.1, -0.05) is 41.9 Å². The van der Waals surface area contributed by atoms with E-state index in [1.165, 1.54) is 23.1 Å². The first-order valence-corrected chi connectivity index (χ1v) is 24.0. The van der Waals surface area contributed by atoms with Gasteiger partial charge in [-0.25, -0.2) is 18.7 Å². The van der Waals surface area contributed by atoms with Crippen LogP contribution >= 0.6 is 11.6 Å². The predicted molar refractivity (Wildman–Crippen MR) is 258 cm³/mol. The summed E-state index contributed by atoms with van der Waals surface area (Å²) in [6, 6.07) is 20.6. The zero-order valence-corrected chi connectivity index (χ0v) is 39.2. The van der Waals surface area contributed by atoms with Crippen LogP contribution in [0.25, 0.3) is 11.3 Å². The van der Waals surface area contributed by atoms with Crippen molar-refractivity contribution in [3.05, 3.63) is 146 Å². The van der Waals surface area contributed by atoms with Gasteiger partial charge in [-0.2, -0.15) is 0 Å². The lowest BCUT2D eigenvalue weighted by Gasteiger charge is -2.34. The zero-order chi connectivity index (χ0) is 48.7. The van der Waals surface area contributed by atoms with Crippen LogP contribution in [-0.2, 0) is 38.6 Å². The Morgan fingerprint density at radius 1 is 0.857 bits per heavy atom. The highest BCUT2D eigenvalue weighted by molar-refractivity contribution is 6.31. The number of imide groups is 1. The minimum atomic E-state index is -0.720. The van der Waals surface area contributed by atoms with Crippen LogP contribution in [-0.4, -0.2) is 125 Å². The van der Waals surface area contributed by atoms with Gasteiger partial charge in [0.15, 0.2) is 0 Å². The number of halogens is 3. The summed E-state index contributed by atoms with van der Waals surface area (Å²) in [5.74, 6) is -2.31. The van der Waals surface area contributed by atoms with Crippen molar-refractivity contribution in [3.8, 4) is 11.3 Å². The van der Waals surface area contributed by atoms with Gasteiger partial charge in [-0.05, 0) is 73.4 Å². The van der Waals surface area contributed by atoms with Crippen molar-refractivity contribution in [2.45, 2.75) is 57.7 Å². The van der Waals surface area contributed by atoms with Crippen molar-refractivity contribution in [2.75, 3.05) is 64.3 Å². The van der Waals surface area contributed by atoms with Gasteiger partial charge >= 0.3 is 0 Å². The van der Waals surface area contributed by atoms with Gasteiger partial charge in [-0.3, -0.25) is 44.1 Å². The smallest absolute Gasteiger partial charge is 0.255 e. The number of hydrogen-bond acceptors (Lipinski definition) is 11. The van der Waals surface area contributed by atoms with E-state index in [-0.39, 0.29) is 60.8 Å². The molecule has 4 aliphatic heterocycles. The molecule has 0 spiro atoms. The highest BCUT2D eigenvalue weighted by atomic mass is 35.5. The minimum absolute atomic E-state index is 0.126. The first-order chi connectivity index (χ1) is 34.0. The lowest BCUT2D eigenvalue weighted by Crippen LogP contribution is -2.52. The van der Waals surface area contributed by atoms with E-state index in [2.05, 4.69) is 35.7 Å². The van der Waals surface area contributed by atoms with E-state index in [4.69, 9.17) is 21.3 Å². The number of hydrogen-bond donors (Lipinski definition) is 3. The van der Waals surface area contributed by atoms with Crippen LogP contribution in [0.1, 0.15) is 86.5 Å². The summed E-state index contributed by atoms with van der Waals surface area (Å²) in [6.07, 6.45) is 4.22. The number of piperidine rings is 1. The summed E-state index contributed by atoms with van der Waals surface area (Å²) < 4.78 is 35.8. The van der Waals surface area contributed by atoms with Crippen LogP contribution in [0.4, 0.5) is 14.5 Å². The quantitative estimate of drug-likeness (QED) is 0.0746.